The monoisotopic (exact) mass is 468 g/mol. The van der Waals surface area contributed by atoms with Crippen molar-refractivity contribution in [2.24, 2.45) is 0 Å². The Morgan fingerprint density at radius 2 is 1.72 bits per heavy atom. The Labute approximate surface area is 194 Å². The lowest BCUT2D eigenvalue weighted by molar-refractivity contribution is -0.132. The average molecular weight is 469 g/mol. The molecule has 8 heteroatoms. The van der Waals surface area contributed by atoms with Gasteiger partial charge in [-0.3, -0.25) is 19.5 Å². The smallest absolute Gasteiger partial charge is 0.300 e. The Morgan fingerprint density at radius 3 is 2.34 bits per heavy atom. The summed E-state index contributed by atoms with van der Waals surface area (Å²) in [7, 11) is 0. The van der Waals surface area contributed by atoms with Crippen molar-refractivity contribution < 1.29 is 19.4 Å². The quantitative estimate of drug-likeness (QED) is 0.307. The lowest BCUT2D eigenvalue weighted by atomic mass is 9.96. The first-order valence-electron chi connectivity index (χ1n) is 9.81. The molecule has 32 heavy (non-hydrogen) atoms. The fraction of sp³-hybridized carbons (Fsp3) is 0.125. The molecule has 1 saturated heterocycles. The predicted molar refractivity (Wildman–Crippen MR) is 123 cm³/mol. The van der Waals surface area contributed by atoms with E-state index in [9.17, 15) is 14.7 Å². The number of aromatic nitrogens is 1. The number of aliphatic hydroxyl groups excluding tert-OH is 1. The summed E-state index contributed by atoms with van der Waals surface area (Å²) in [6, 6.07) is 13.9. The molecular formula is C24H18Cl2N2O4. The molecule has 0 saturated carbocycles. The molecule has 1 amide bonds. The number of anilines is 1. The summed E-state index contributed by atoms with van der Waals surface area (Å²) in [5.74, 6) is -1.25. The van der Waals surface area contributed by atoms with Crippen LogP contribution in [0.1, 0.15) is 24.1 Å². The van der Waals surface area contributed by atoms with Crippen molar-refractivity contribution in [1.82, 2.24) is 4.98 Å². The second-order valence-electron chi connectivity index (χ2n) is 7.01. The molecule has 1 aliphatic heterocycles. The summed E-state index contributed by atoms with van der Waals surface area (Å²) in [5.41, 5.74) is 1.34. The fourth-order valence-electron chi connectivity index (χ4n) is 3.63. The molecule has 1 fully saturated rings. The molecule has 4 rings (SSSR count). The zero-order chi connectivity index (χ0) is 22.8. The molecule has 2 heterocycles. The van der Waals surface area contributed by atoms with E-state index in [1.807, 2.05) is 6.92 Å². The van der Waals surface area contributed by atoms with Gasteiger partial charge in [0.1, 0.15) is 11.5 Å². The molecule has 0 aliphatic carbocycles. The Bertz CT molecular complexity index is 1210. The number of pyridine rings is 1. The van der Waals surface area contributed by atoms with Gasteiger partial charge < -0.3 is 9.84 Å². The highest BCUT2D eigenvalue weighted by molar-refractivity contribution is 6.51. The zero-order valence-electron chi connectivity index (χ0n) is 17.0. The first-order valence-corrected chi connectivity index (χ1v) is 10.6. The Balaban J connectivity index is 1.88. The highest BCUT2D eigenvalue weighted by Crippen LogP contribution is 2.42. The van der Waals surface area contributed by atoms with Crippen molar-refractivity contribution in [3.63, 3.8) is 0 Å². The minimum Gasteiger partial charge on any atom is -0.507 e. The number of carbonyl (C=O) groups excluding carboxylic acids is 2. The number of ether oxygens (including phenoxy) is 1. The first kappa shape index (κ1) is 21.9. The van der Waals surface area contributed by atoms with Crippen molar-refractivity contribution >= 4 is 46.3 Å². The third kappa shape index (κ3) is 3.95. The highest BCUT2D eigenvalue weighted by Gasteiger charge is 2.47. The van der Waals surface area contributed by atoms with Gasteiger partial charge in [-0.15, -0.1) is 0 Å². The van der Waals surface area contributed by atoms with Gasteiger partial charge in [0.25, 0.3) is 11.7 Å². The molecule has 1 aromatic heterocycles. The maximum absolute atomic E-state index is 13.1. The maximum atomic E-state index is 13.1. The summed E-state index contributed by atoms with van der Waals surface area (Å²) in [5, 5.41) is 11.6. The number of benzene rings is 2. The van der Waals surface area contributed by atoms with Gasteiger partial charge in [-0.2, -0.15) is 0 Å². The predicted octanol–water partition coefficient (Wildman–Crippen LogP) is 5.41. The van der Waals surface area contributed by atoms with Crippen LogP contribution < -0.4 is 9.64 Å². The highest BCUT2D eigenvalue weighted by atomic mass is 35.5. The normalized spacial score (nSPS) is 17.6. The minimum atomic E-state index is -0.856. The maximum Gasteiger partial charge on any atom is 0.300 e. The topological polar surface area (TPSA) is 79.7 Å². The molecule has 0 bridgehead atoms. The van der Waals surface area contributed by atoms with Gasteiger partial charge in [0.15, 0.2) is 0 Å². The SMILES string of the molecule is CCOc1ccc(N2C(=O)C(=O)/C(=C(\O)c3ccc(Cl)c(Cl)c3)C2c2ccncc2)cc1. The number of nitrogens with zero attached hydrogens (tertiary/aromatic N) is 2. The second kappa shape index (κ2) is 9.02. The van der Waals surface area contributed by atoms with Gasteiger partial charge in [0.05, 0.1) is 28.3 Å². The van der Waals surface area contributed by atoms with E-state index in [1.54, 1.807) is 48.8 Å². The molecule has 0 radical (unpaired) electrons. The van der Waals surface area contributed by atoms with E-state index in [0.29, 0.717) is 28.6 Å². The number of hydrogen-bond donors (Lipinski definition) is 1. The summed E-state index contributed by atoms with van der Waals surface area (Å²) in [4.78, 5) is 31.6. The number of Topliss-reactive ketones (excluding diaryl/α,β-unsaturated/α-hetero) is 1. The van der Waals surface area contributed by atoms with Crippen molar-refractivity contribution in [1.29, 1.82) is 0 Å². The third-order valence-electron chi connectivity index (χ3n) is 5.09. The lowest BCUT2D eigenvalue weighted by Crippen LogP contribution is -2.29. The number of hydrogen-bond acceptors (Lipinski definition) is 5. The van der Waals surface area contributed by atoms with Gasteiger partial charge in [-0.1, -0.05) is 23.2 Å². The van der Waals surface area contributed by atoms with Crippen LogP contribution in [0.25, 0.3) is 5.76 Å². The van der Waals surface area contributed by atoms with Gasteiger partial charge in [0, 0.05) is 23.6 Å². The van der Waals surface area contributed by atoms with Crippen LogP contribution in [0.15, 0.2) is 72.6 Å². The first-order chi connectivity index (χ1) is 15.4. The van der Waals surface area contributed by atoms with Gasteiger partial charge >= 0.3 is 0 Å². The van der Waals surface area contributed by atoms with Crippen molar-refractivity contribution in [2.45, 2.75) is 13.0 Å². The standard InChI is InChI=1S/C24H18Cl2N2O4/c1-2-32-17-6-4-16(5-7-17)28-21(14-9-11-27-12-10-14)20(23(30)24(28)31)22(29)15-3-8-18(25)19(26)13-15/h3-13,21,29H,2H2,1H3/b22-20-. The van der Waals surface area contributed by atoms with Crippen LogP contribution in [-0.4, -0.2) is 28.4 Å². The van der Waals surface area contributed by atoms with E-state index in [4.69, 9.17) is 27.9 Å². The number of carbonyl (C=O) groups is 2. The minimum absolute atomic E-state index is 0.0477. The van der Waals surface area contributed by atoms with Crippen LogP contribution >= 0.6 is 23.2 Å². The number of rotatable bonds is 5. The summed E-state index contributed by atoms with van der Waals surface area (Å²) in [6.07, 6.45) is 3.12. The van der Waals surface area contributed by atoms with Gasteiger partial charge in [0.2, 0.25) is 0 Å². The molecule has 162 valence electrons. The van der Waals surface area contributed by atoms with Gasteiger partial charge in [-0.25, -0.2) is 0 Å². The van der Waals surface area contributed by atoms with Crippen molar-refractivity contribution in [2.75, 3.05) is 11.5 Å². The number of halogens is 2. The second-order valence-corrected chi connectivity index (χ2v) is 7.82. The molecule has 1 atom stereocenters. The fourth-order valence-corrected chi connectivity index (χ4v) is 3.93. The van der Waals surface area contributed by atoms with E-state index < -0.39 is 17.7 Å². The molecule has 1 N–H and O–H groups in total. The summed E-state index contributed by atoms with van der Waals surface area (Å²) < 4.78 is 5.47. The van der Waals surface area contributed by atoms with E-state index in [2.05, 4.69) is 4.98 Å². The van der Waals surface area contributed by atoms with Crippen LogP contribution in [-0.2, 0) is 9.59 Å². The Hall–Kier alpha value is -3.35. The van der Waals surface area contributed by atoms with Crippen molar-refractivity contribution in [3.8, 4) is 5.75 Å². The van der Waals surface area contributed by atoms with E-state index >= 15 is 0 Å². The average Bonchev–Trinajstić information content (AvgIpc) is 3.07. The van der Waals surface area contributed by atoms with E-state index in [-0.39, 0.29) is 21.9 Å². The van der Waals surface area contributed by atoms with Crippen LogP contribution in [0, 0.1) is 0 Å². The molecule has 0 spiro atoms. The van der Waals surface area contributed by atoms with Crippen LogP contribution in [0.3, 0.4) is 0 Å². The third-order valence-corrected chi connectivity index (χ3v) is 5.82. The van der Waals surface area contributed by atoms with Gasteiger partial charge in [-0.05, 0) is 67.1 Å². The largest absolute Gasteiger partial charge is 0.507 e. The van der Waals surface area contributed by atoms with Crippen LogP contribution in [0.5, 0.6) is 5.75 Å². The van der Waals surface area contributed by atoms with E-state index in [0.717, 1.165) is 0 Å². The number of ketones is 1. The molecule has 3 aromatic rings. The molecule has 1 unspecified atom stereocenters. The lowest BCUT2D eigenvalue weighted by Gasteiger charge is -2.25. The Morgan fingerprint density at radius 1 is 1.03 bits per heavy atom. The number of amides is 1. The van der Waals surface area contributed by atoms with Crippen molar-refractivity contribution in [3.05, 3.63) is 93.7 Å². The molecule has 6 nitrogen and oxygen atoms in total. The summed E-state index contributed by atoms with van der Waals surface area (Å²) in [6.45, 7) is 2.38. The van der Waals surface area contributed by atoms with Crippen LogP contribution in [0.4, 0.5) is 5.69 Å². The molecule has 2 aromatic carbocycles. The number of aliphatic hydroxyl groups is 1. The van der Waals surface area contributed by atoms with Crippen LogP contribution in [0.2, 0.25) is 10.0 Å². The molecule has 1 aliphatic rings. The molecular weight excluding hydrogens is 451 g/mol. The van der Waals surface area contributed by atoms with E-state index in [1.165, 1.54) is 23.1 Å². The summed E-state index contributed by atoms with van der Waals surface area (Å²) >= 11 is 12.1. The zero-order valence-corrected chi connectivity index (χ0v) is 18.5. The Kier molecular flexibility index (Phi) is 6.17.